The van der Waals surface area contributed by atoms with Crippen LogP contribution in [-0.4, -0.2) is 12.6 Å². The van der Waals surface area contributed by atoms with Gasteiger partial charge in [0, 0.05) is 6.42 Å². The van der Waals surface area contributed by atoms with Crippen LogP contribution in [0.1, 0.15) is 77.6 Å². The van der Waals surface area contributed by atoms with Crippen molar-refractivity contribution in [2.75, 3.05) is 6.61 Å². The van der Waals surface area contributed by atoms with Crippen molar-refractivity contribution in [1.29, 1.82) is 0 Å². The zero-order chi connectivity index (χ0) is 13.5. The monoisotopic (exact) mass is 254 g/mol. The number of rotatable bonds is 13. The van der Waals surface area contributed by atoms with Gasteiger partial charge in [0.15, 0.2) is 0 Å². The van der Waals surface area contributed by atoms with Crippen LogP contribution < -0.4 is 0 Å². The van der Waals surface area contributed by atoms with Crippen LogP contribution >= 0.6 is 0 Å². The number of esters is 1. The summed E-state index contributed by atoms with van der Waals surface area (Å²) in [5.74, 6) is -0.0160. The highest BCUT2D eigenvalue weighted by Crippen LogP contribution is 2.09. The normalized spacial score (nSPS) is 10.3. The molecule has 0 N–H and O–H groups in total. The lowest BCUT2D eigenvalue weighted by atomic mass is 10.1. The quantitative estimate of drug-likeness (QED) is 0.262. The highest BCUT2D eigenvalue weighted by atomic mass is 16.5. The molecule has 0 spiro atoms. The van der Waals surface area contributed by atoms with Crippen LogP contribution in [-0.2, 0) is 9.53 Å². The molecule has 0 bridgehead atoms. The van der Waals surface area contributed by atoms with Gasteiger partial charge in [-0.25, -0.2) is 0 Å². The van der Waals surface area contributed by atoms with Gasteiger partial charge in [-0.2, -0.15) is 0 Å². The molecule has 0 aliphatic carbocycles. The molecule has 0 aromatic heterocycles. The molecular formula is C16H30O2. The minimum absolute atomic E-state index is 0.0160. The molecule has 0 saturated carbocycles. The van der Waals surface area contributed by atoms with E-state index in [-0.39, 0.29) is 5.97 Å². The molecule has 0 fully saturated rings. The Kier molecular flexibility index (Phi) is 13.6. The number of allylic oxidation sites excluding steroid dienone is 1. The smallest absolute Gasteiger partial charge is 0.305 e. The molecule has 0 aromatic carbocycles. The minimum atomic E-state index is -0.0160. The second kappa shape index (κ2) is 14.3. The Morgan fingerprint density at radius 2 is 1.67 bits per heavy atom. The predicted octanol–water partition coefficient (Wildman–Crippen LogP) is 5.03. The fourth-order valence-corrected chi connectivity index (χ4v) is 1.88. The summed E-state index contributed by atoms with van der Waals surface area (Å²) in [5.41, 5.74) is 0. The van der Waals surface area contributed by atoms with Gasteiger partial charge in [-0.1, -0.05) is 51.5 Å². The van der Waals surface area contributed by atoms with Crippen LogP contribution in [0.2, 0.25) is 0 Å². The van der Waals surface area contributed by atoms with Gasteiger partial charge in [-0.3, -0.25) is 4.79 Å². The molecule has 0 aromatic rings. The number of unbranched alkanes of at least 4 members (excludes halogenated alkanes) is 8. The van der Waals surface area contributed by atoms with Crippen LogP contribution in [0.4, 0.5) is 0 Å². The molecule has 106 valence electrons. The average molecular weight is 254 g/mol. The molecule has 0 rings (SSSR count). The lowest BCUT2D eigenvalue weighted by Gasteiger charge is -2.04. The second-order valence-corrected chi connectivity index (χ2v) is 4.88. The van der Waals surface area contributed by atoms with E-state index in [4.69, 9.17) is 4.74 Å². The van der Waals surface area contributed by atoms with Crippen LogP contribution in [0.3, 0.4) is 0 Å². The molecule has 0 amide bonds. The molecule has 0 unspecified atom stereocenters. The first-order valence-electron chi connectivity index (χ1n) is 7.57. The third-order valence-electron chi connectivity index (χ3n) is 3.05. The van der Waals surface area contributed by atoms with Gasteiger partial charge in [0.1, 0.15) is 0 Å². The maximum Gasteiger partial charge on any atom is 0.305 e. The molecule has 0 radical (unpaired) electrons. The largest absolute Gasteiger partial charge is 0.466 e. The van der Waals surface area contributed by atoms with Gasteiger partial charge in [0.05, 0.1) is 6.61 Å². The second-order valence-electron chi connectivity index (χ2n) is 4.88. The fraction of sp³-hybridized carbons (Fsp3) is 0.812. The Balaban J connectivity index is 3.12. The van der Waals surface area contributed by atoms with E-state index in [0.29, 0.717) is 13.0 Å². The third kappa shape index (κ3) is 13.3. The Hall–Kier alpha value is -0.790. The molecule has 0 aliphatic heterocycles. The van der Waals surface area contributed by atoms with E-state index in [2.05, 4.69) is 13.5 Å². The summed E-state index contributed by atoms with van der Waals surface area (Å²) in [6.45, 7) is 6.47. The summed E-state index contributed by atoms with van der Waals surface area (Å²) in [4.78, 5) is 11.3. The first-order valence-corrected chi connectivity index (χ1v) is 7.57. The molecule has 0 heterocycles. The summed E-state index contributed by atoms with van der Waals surface area (Å²) in [5, 5.41) is 0. The van der Waals surface area contributed by atoms with Gasteiger partial charge < -0.3 is 4.74 Å². The number of ether oxygens (including phenoxy) is 1. The summed E-state index contributed by atoms with van der Waals surface area (Å²) >= 11 is 0. The highest BCUT2D eigenvalue weighted by molar-refractivity contribution is 5.69. The van der Waals surface area contributed by atoms with Gasteiger partial charge in [-0.05, 0) is 25.7 Å². The minimum Gasteiger partial charge on any atom is -0.466 e. The van der Waals surface area contributed by atoms with Crippen molar-refractivity contribution in [3.05, 3.63) is 12.7 Å². The lowest BCUT2D eigenvalue weighted by Crippen LogP contribution is -2.05. The van der Waals surface area contributed by atoms with E-state index in [0.717, 1.165) is 32.1 Å². The Labute approximate surface area is 113 Å². The van der Waals surface area contributed by atoms with E-state index < -0.39 is 0 Å². The number of carbonyl (C=O) groups is 1. The van der Waals surface area contributed by atoms with Crippen molar-refractivity contribution in [3.63, 3.8) is 0 Å². The molecule has 2 nitrogen and oxygen atoms in total. The Bertz CT molecular complexity index is 199. The van der Waals surface area contributed by atoms with Crippen molar-refractivity contribution in [2.24, 2.45) is 0 Å². The fourth-order valence-electron chi connectivity index (χ4n) is 1.88. The van der Waals surface area contributed by atoms with E-state index >= 15 is 0 Å². The molecule has 2 heteroatoms. The van der Waals surface area contributed by atoms with E-state index in [1.54, 1.807) is 0 Å². The average Bonchev–Trinajstić information content (AvgIpc) is 2.38. The van der Waals surface area contributed by atoms with Crippen LogP contribution in [0, 0.1) is 0 Å². The van der Waals surface area contributed by atoms with E-state index in [1.165, 1.54) is 32.1 Å². The first kappa shape index (κ1) is 17.2. The molecule has 0 atom stereocenters. The standard InChI is InChI=1S/C16H30O2/c1-3-5-7-8-9-10-11-12-14-16(17)18-15-13-6-4-2/h3H,1,4-15H2,2H3. The molecule has 18 heavy (non-hydrogen) atoms. The Morgan fingerprint density at radius 3 is 2.33 bits per heavy atom. The Morgan fingerprint density at radius 1 is 1.00 bits per heavy atom. The molecule has 0 saturated heterocycles. The number of hydrogen-bond donors (Lipinski definition) is 0. The summed E-state index contributed by atoms with van der Waals surface area (Å²) in [6.07, 6.45) is 14.2. The predicted molar refractivity (Wildman–Crippen MR) is 77.6 cm³/mol. The van der Waals surface area contributed by atoms with Gasteiger partial charge in [0.2, 0.25) is 0 Å². The van der Waals surface area contributed by atoms with Crippen LogP contribution in [0.15, 0.2) is 12.7 Å². The third-order valence-corrected chi connectivity index (χ3v) is 3.05. The van der Waals surface area contributed by atoms with Gasteiger partial charge in [-0.15, -0.1) is 6.58 Å². The van der Waals surface area contributed by atoms with Crippen molar-refractivity contribution in [3.8, 4) is 0 Å². The topological polar surface area (TPSA) is 26.3 Å². The summed E-state index contributed by atoms with van der Waals surface area (Å²) in [7, 11) is 0. The first-order chi connectivity index (χ1) is 8.81. The van der Waals surface area contributed by atoms with Crippen molar-refractivity contribution in [1.82, 2.24) is 0 Å². The van der Waals surface area contributed by atoms with Crippen LogP contribution in [0.5, 0.6) is 0 Å². The van der Waals surface area contributed by atoms with E-state index in [9.17, 15) is 4.79 Å². The van der Waals surface area contributed by atoms with Crippen molar-refractivity contribution < 1.29 is 9.53 Å². The van der Waals surface area contributed by atoms with Crippen LogP contribution in [0.25, 0.3) is 0 Å². The summed E-state index contributed by atoms with van der Waals surface area (Å²) < 4.78 is 5.15. The lowest BCUT2D eigenvalue weighted by molar-refractivity contribution is -0.143. The number of hydrogen-bond acceptors (Lipinski definition) is 2. The number of carbonyl (C=O) groups excluding carboxylic acids is 1. The van der Waals surface area contributed by atoms with Gasteiger partial charge in [0.25, 0.3) is 0 Å². The highest BCUT2D eigenvalue weighted by Gasteiger charge is 2.01. The molecular weight excluding hydrogens is 224 g/mol. The zero-order valence-corrected chi connectivity index (χ0v) is 12.1. The van der Waals surface area contributed by atoms with Gasteiger partial charge >= 0.3 is 5.97 Å². The maximum atomic E-state index is 11.3. The van der Waals surface area contributed by atoms with Crippen molar-refractivity contribution >= 4 is 5.97 Å². The zero-order valence-electron chi connectivity index (χ0n) is 12.1. The summed E-state index contributed by atoms with van der Waals surface area (Å²) in [6, 6.07) is 0. The molecule has 0 aliphatic rings. The van der Waals surface area contributed by atoms with Crippen molar-refractivity contribution in [2.45, 2.75) is 77.6 Å². The van der Waals surface area contributed by atoms with E-state index in [1.807, 2.05) is 6.08 Å². The SMILES string of the molecule is C=CCCCCCCCCC(=O)OCCCCC. The maximum absolute atomic E-state index is 11.3.